The molecule has 2 aromatic rings. The van der Waals surface area contributed by atoms with Crippen LogP contribution < -0.4 is 10.0 Å². The lowest BCUT2D eigenvalue weighted by Gasteiger charge is -2.08. The van der Waals surface area contributed by atoms with Crippen LogP contribution in [0.15, 0.2) is 53.4 Å². The average molecular weight is 392 g/mol. The molecule has 0 saturated heterocycles. The highest BCUT2D eigenvalue weighted by molar-refractivity contribution is 7.89. The molecule has 144 valence electrons. The largest absolute Gasteiger partial charge is 0.356 e. The van der Waals surface area contributed by atoms with Crippen molar-refractivity contribution >= 4 is 21.7 Å². The second-order valence-corrected chi connectivity index (χ2v) is 7.69. The zero-order valence-electron chi connectivity index (χ0n) is 14.9. The lowest BCUT2D eigenvalue weighted by atomic mass is 10.1. The molecule has 0 spiro atoms. The third-order valence-electron chi connectivity index (χ3n) is 3.89. The fourth-order valence-electron chi connectivity index (χ4n) is 2.38. The molecule has 2 N–H and O–H groups in total. The van der Waals surface area contributed by atoms with Gasteiger partial charge in [-0.15, -0.1) is 0 Å². The zero-order valence-corrected chi connectivity index (χ0v) is 15.7. The van der Waals surface area contributed by atoms with E-state index in [0.29, 0.717) is 17.5 Å². The minimum atomic E-state index is -3.76. The molecule has 0 atom stereocenters. The van der Waals surface area contributed by atoms with Crippen LogP contribution in [0.25, 0.3) is 0 Å². The number of nitrogens with one attached hydrogen (secondary N) is 2. The van der Waals surface area contributed by atoms with E-state index in [2.05, 4.69) is 10.0 Å². The molecule has 0 fully saturated rings. The van der Waals surface area contributed by atoms with Crippen molar-refractivity contribution in [2.45, 2.75) is 24.7 Å². The zero-order chi connectivity index (χ0) is 19.9. The summed E-state index contributed by atoms with van der Waals surface area (Å²) < 4.78 is 40.1. The molecule has 0 unspecified atom stereocenters. The molecule has 8 heteroatoms. The summed E-state index contributed by atoms with van der Waals surface area (Å²) in [6, 6.07) is 11.9. The number of amides is 1. The number of rotatable bonds is 9. The van der Waals surface area contributed by atoms with Crippen molar-refractivity contribution in [1.82, 2.24) is 10.0 Å². The summed E-state index contributed by atoms with van der Waals surface area (Å²) in [7, 11) is -3.76. The Balaban J connectivity index is 1.76. The highest BCUT2D eigenvalue weighted by Gasteiger charge is 2.14. The Kier molecular flexibility index (Phi) is 7.20. The van der Waals surface area contributed by atoms with E-state index in [1.807, 2.05) is 0 Å². The predicted molar refractivity (Wildman–Crippen MR) is 99.4 cm³/mol. The number of hydrogen-bond acceptors (Lipinski definition) is 4. The second kappa shape index (κ2) is 9.38. The minimum absolute atomic E-state index is 0.0208. The standard InChI is InChI=1S/C19H21FN2O4S/c1-14(23)15-6-8-17(9-7-15)27(25,26)22-13-11-19(24)21-12-10-16-4-2-3-5-18(16)20/h2-9,22H,10-13H2,1H3,(H,21,24). The Morgan fingerprint density at radius 3 is 2.30 bits per heavy atom. The molecule has 0 heterocycles. The predicted octanol–water partition coefficient (Wildman–Crippen LogP) is 2.06. The Bertz CT molecular complexity index is 912. The van der Waals surface area contributed by atoms with Gasteiger partial charge in [0.15, 0.2) is 5.78 Å². The summed E-state index contributed by atoms with van der Waals surface area (Å²) in [5, 5.41) is 2.63. The van der Waals surface area contributed by atoms with Gasteiger partial charge in [0.05, 0.1) is 4.90 Å². The van der Waals surface area contributed by atoms with E-state index in [1.54, 1.807) is 18.2 Å². The Labute approximate surface area is 157 Å². The highest BCUT2D eigenvalue weighted by atomic mass is 32.2. The van der Waals surface area contributed by atoms with Gasteiger partial charge in [-0.3, -0.25) is 9.59 Å². The Morgan fingerprint density at radius 1 is 1.00 bits per heavy atom. The van der Waals surface area contributed by atoms with Gasteiger partial charge in [-0.2, -0.15) is 0 Å². The van der Waals surface area contributed by atoms with Gasteiger partial charge in [-0.05, 0) is 37.1 Å². The Hall–Kier alpha value is -2.58. The van der Waals surface area contributed by atoms with Gasteiger partial charge in [0.1, 0.15) is 5.82 Å². The quantitative estimate of drug-likeness (QED) is 0.639. The fraction of sp³-hybridized carbons (Fsp3) is 0.263. The average Bonchev–Trinajstić information content (AvgIpc) is 2.63. The van der Waals surface area contributed by atoms with Crippen LogP contribution in [0.4, 0.5) is 4.39 Å². The van der Waals surface area contributed by atoms with Gasteiger partial charge in [0.2, 0.25) is 15.9 Å². The first-order valence-electron chi connectivity index (χ1n) is 8.40. The van der Waals surface area contributed by atoms with Gasteiger partial charge in [0, 0.05) is 25.1 Å². The van der Waals surface area contributed by atoms with E-state index in [9.17, 15) is 22.4 Å². The first-order chi connectivity index (χ1) is 12.8. The van der Waals surface area contributed by atoms with Crippen LogP contribution in [0, 0.1) is 5.82 Å². The molecule has 0 aliphatic rings. The Morgan fingerprint density at radius 2 is 1.67 bits per heavy atom. The molecule has 0 saturated carbocycles. The maximum atomic E-state index is 13.5. The number of ketones is 1. The summed E-state index contributed by atoms with van der Waals surface area (Å²) >= 11 is 0. The molecule has 0 bridgehead atoms. The van der Waals surface area contributed by atoms with E-state index < -0.39 is 10.0 Å². The van der Waals surface area contributed by atoms with Gasteiger partial charge >= 0.3 is 0 Å². The van der Waals surface area contributed by atoms with E-state index in [1.165, 1.54) is 37.3 Å². The van der Waals surface area contributed by atoms with Gasteiger partial charge in [-0.25, -0.2) is 17.5 Å². The van der Waals surface area contributed by atoms with Crippen molar-refractivity contribution in [1.29, 1.82) is 0 Å². The number of carbonyl (C=O) groups excluding carboxylic acids is 2. The third-order valence-corrected chi connectivity index (χ3v) is 5.37. The molecule has 2 rings (SSSR count). The molecular weight excluding hydrogens is 371 g/mol. The van der Waals surface area contributed by atoms with Crippen LogP contribution in [0.3, 0.4) is 0 Å². The maximum absolute atomic E-state index is 13.5. The topological polar surface area (TPSA) is 92.3 Å². The van der Waals surface area contributed by atoms with Crippen molar-refractivity contribution in [3.63, 3.8) is 0 Å². The molecule has 27 heavy (non-hydrogen) atoms. The maximum Gasteiger partial charge on any atom is 0.240 e. The van der Waals surface area contributed by atoms with Gasteiger partial charge < -0.3 is 5.32 Å². The van der Waals surface area contributed by atoms with E-state index in [0.717, 1.165) is 0 Å². The minimum Gasteiger partial charge on any atom is -0.356 e. The normalized spacial score (nSPS) is 11.2. The first kappa shape index (κ1) is 20.7. The second-order valence-electron chi connectivity index (χ2n) is 5.92. The number of carbonyl (C=O) groups is 2. The van der Waals surface area contributed by atoms with Crippen molar-refractivity contribution in [3.05, 3.63) is 65.5 Å². The molecule has 2 aromatic carbocycles. The van der Waals surface area contributed by atoms with Gasteiger partial charge in [0.25, 0.3) is 0 Å². The van der Waals surface area contributed by atoms with Crippen molar-refractivity contribution in [2.24, 2.45) is 0 Å². The molecule has 1 amide bonds. The van der Waals surface area contributed by atoms with Crippen LogP contribution in [-0.4, -0.2) is 33.2 Å². The number of halogens is 1. The number of sulfonamides is 1. The lowest BCUT2D eigenvalue weighted by molar-refractivity contribution is -0.120. The van der Waals surface area contributed by atoms with Crippen LogP contribution in [0.5, 0.6) is 0 Å². The monoisotopic (exact) mass is 392 g/mol. The van der Waals surface area contributed by atoms with Crippen molar-refractivity contribution in [3.8, 4) is 0 Å². The third kappa shape index (κ3) is 6.26. The van der Waals surface area contributed by atoms with Gasteiger partial charge in [-0.1, -0.05) is 30.3 Å². The summed E-state index contributed by atoms with van der Waals surface area (Å²) in [5.74, 6) is -0.810. The summed E-state index contributed by atoms with van der Waals surface area (Å²) in [5.41, 5.74) is 0.927. The fourth-order valence-corrected chi connectivity index (χ4v) is 3.41. The first-order valence-corrected chi connectivity index (χ1v) is 9.88. The van der Waals surface area contributed by atoms with Crippen LogP contribution in [0.2, 0.25) is 0 Å². The van der Waals surface area contributed by atoms with E-state index >= 15 is 0 Å². The smallest absolute Gasteiger partial charge is 0.240 e. The summed E-state index contributed by atoms with van der Waals surface area (Å²) in [4.78, 5) is 23.0. The van der Waals surface area contributed by atoms with Crippen LogP contribution in [-0.2, 0) is 21.2 Å². The van der Waals surface area contributed by atoms with Crippen LogP contribution >= 0.6 is 0 Å². The van der Waals surface area contributed by atoms with Crippen molar-refractivity contribution in [2.75, 3.05) is 13.1 Å². The molecular formula is C19H21FN2O4S. The molecule has 6 nitrogen and oxygen atoms in total. The highest BCUT2D eigenvalue weighted by Crippen LogP contribution is 2.11. The van der Waals surface area contributed by atoms with Crippen LogP contribution in [0.1, 0.15) is 29.3 Å². The van der Waals surface area contributed by atoms with E-state index in [-0.39, 0.29) is 41.9 Å². The number of hydrogen-bond donors (Lipinski definition) is 2. The summed E-state index contributed by atoms with van der Waals surface area (Å²) in [6.07, 6.45) is 0.314. The number of benzene rings is 2. The molecule has 0 aliphatic heterocycles. The summed E-state index contributed by atoms with van der Waals surface area (Å²) in [6.45, 7) is 1.59. The molecule has 0 aliphatic carbocycles. The molecule has 0 radical (unpaired) electrons. The lowest BCUT2D eigenvalue weighted by Crippen LogP contribution is -2.31. The van der Waals surface area contributed by atoms with Crippen molar-refractivity contribution < 1.29 is 22.4 Å². The molecule has 0 aromatic heterocycles. The number of Topliss-reactive ketones (excluding diaryl/α,β-unsaturated/α-hetero) is 1. The van der Waals surface area contributed by atoms with E-state index in [4.69, 9.17) is 0 Å². The SMILES string of the molecule is CC(=O)c1ccc(S(=O)(=O)NCCC(=O)NCCc2ccccc2F)cc1.